The van der Waals surface area contributed by atoms with Crippen molar-refractivity contribution in [1.82, 2.24) is 0 Å². The molecule has 0 aromatic rings. The highest BCUT2D eigenvalue weighted by molar-refractivity contribution is 5.25. The van der Waals surface area contributed by atoms with Gasteiger partial charge in [0.1, 0.15) is 6.17 Å². The topological polar surface area (TPSA) is 0 Å². The molecule has 28 heavy (non-hydrogen) atoms. The monoisotopic (exact) mass is 388 g/mol. The molecule has 4 aliphatic rings. The molecule has 3 saturated carbocycles. The minimum Gasteiger partial charge on any atom is -0.247 e. The second-order valence-electron chi connectivity index (χ2n) is 12.1. The first-order chi connectivity index (χ1) is 13.3. The summed E-state index contributed by atoms with van der Waals surface area (Å²) in [5.74, 6) is 5.28. The molecule has 0 nitrogen and oxygen atoms in total. The molecule has 0 N–H and O–H groups in total. The molecule has 1 heteroatoms. The Bertz CT molecular complexity index is 591. The van der Waals surface area contributed by atoms with Crippen molar-refractivity contribution < 1.29 is 4.39 Å². The zero-order valence-corrected chi connectivity index (χ0v) is 19.3. The first-order valence-electron chi connectivity index (χ1n) is 12.6. The van der Waals surface area contributed by atoms with Gasteiger partial charge in [0.2, 0.25) is 0 Å². The lowest BCUT2D eigenvalue weighted by molar-refractivity contribution is -0.0537. The van der Waals surface area contributed by atoms with Crippen LogP contribution in [-0.4, -0.2) is 6.17 Å². The van der Waals surface area contributed by atoms with Gasteiger partial charge >= 0.3 is 0 Å². The van der Waals surface area contributed by atoms with Crippen molar-refractivity contribution >= 4 is 0 Å². The molecule has 8 atom stereocenters. The Balaban J connectivity index is 1.49. The number of rotatable bonds is 5. The van der Waals surface area contributed by atoms with Crippen molar-refractivity contribution in [3.05, 3.63) is 11.6 Å². The summed E-state index contributed by atoms with van der Waals surface area (Å²) in [5.41, 5.74) is 2.37. The minimum absolute atomic E-state index is 0.313. The SMILES string of the molecule is CC(C)CCC[C@@H](C)[C@@H]1CC[C@H]2[C@@H]3CC=C4C[C@H](F)CC[C@@]4(C)[C@@H]3CC[C@@]21C. The molecule has 0 bridgehead atoms. The number of hydrogen-bond acceptors (Lipinski definition) is 0. The van der Waals surface area contributed by atoms with Crippen molar-refractivity contribution in [1.29, 1.82) is 0 Å². The smallest absolute Gasteiger partial charge is 0.104 e. The van der Waals surface area contributed by atoms with Gasteiger partial charge in [-0.25, -0.2) is 4.39 Å². The molecule has 0 aromatic carbocycles. The van der Waals surface area contributed by atoms with Gasteiger partial charge in [-0.3, -0.25) is 0 Å². The molecule has 3 fully saturated rings. The fraction of sp³-hybridized carbons (Fsp3) is 0.926. The van der Waals surface area contributed by atoms with Gasteiger partial charge in [-0.2, -0.15) is 0 Å². The molecule has 0 radical (unpaired) electrons. The molecule has 0 spiro atoms. The molecular formula is C27H45F. The number of hydrogen-bond donors (Lipinski definition) is 0. The van der Waals surface area contributed by atoms with Gasteiger partial charge in [-0.15, -0.1) is 0 Å². The quantitative estimate of drug-likeness (QED) is 0.415. The Morgan fingerprint density at radius 1 is 1.00 bits per heavy atom. The van der Waals surface area contributed by atoms with E-state index in [0.29, 0.717) is 10.8 Å². The fourth-order valence-corrected chi connectivity index (χ4v) is 8.64. The maximum Gasteiger partial charge on any atom is 0.104 e. The van der Waals surface area contributed by atoms with Gasteiger partial charge in [0.05, 0.1) is 0 Å². The summed E-state index contributed by atoms with van der Waals surface area (Å²) in [6.45, 7) is 12.5. The van der Waals surface area contributed by atoms with Gasteiger partial charge in [0, 0.05) is 6.42 Å². The van der Waals surface area contributed by atoms with E-state index in [-0.39, 0.29) is 0 Å². The Morgan fingerprint density at radius 2 is 1.79 bits per heavy atom. The van der Waals surface area contributed by atoms with Crippen LogP contribution in [0.1, 0.15) is 105 Å². The zero-order valence-electron chi connectivity index (χ0n) is 19.3. The van der Waals surface area contributed by atoms with Gasteiger partial charge < -0.3 is 0 Å². The zero-order chi connectivity index (χ0) is 20.1. The summed E-state index contributed by atoms with van der Waals surface area (Å²) < 4.78 is 14.1. The van der Waals surface area contributed by atoms with E-state index in [1.165, 1.54) is 56.9 Å². The van der Waals surface area contributed by atoms with Crippen molar-refractivity contribution in [3.8, 4) is 0 Å². The average molecular weight is 389 g/mol. The van der Waals surface area contributed by atoms with Crippen LogP contribution in [-0.2, 0) is 0 Å². The summed E-state index contributed by atoms with van der Waals surface area (Å²) in [4.78, 5) is 0. The Morgan fingerprint density at radius 3 is 2.54 bits per heavy atom. The summed E-state index contributed by atoms with van der Waals surface area (Å²) in [5, 5.41) is 0. The van der Waals surface area contributed by atoms with Crippen LogP contribution in [0.15, 0.2) is 11.6 Å². The standard InChI is InChI=1S/C27H45F/c1-18(2)7-6-8-19(3)23-11-12-24-22-10-9-20-17-21(28)13-15-26(20,4)25(22)14-16-27(23,24)5/h9,18-19,21-25H,6-8,10-17H2,1-5H3/t19-,21-,22+,23+,24+,25-,26-,27-/m1/s1. The molecule has 0 heterocycles. The molecular weight excluding hydrogens is 343 g/mol. The number of alkyl halides is 1. The van der Waals surface area contributed by atoms with E-state index in [1.54, 1.807) is 0 Å². The number of allylic oxidation sites excluding steroid dienone is 2. The lowest BCUT2D eigenvalue weighted by Gasteiger charge is -2.58. The summed E-state index contributed by atoms with van der Waals surface area (Å²) in [6.07, 6.45) is 15.8. The van der Waals surface area contributed by atoms with Gasteiger partial charge in [-0.1, -0.05) is 65.5 Å². The van der Waals surface area contributed by atoms with Crippen LogP contribution in [0.2, 0.25) is 0 Å². The first-order valence-corrected chi connectivity index (χ1v) is 12.6. The second kappa shape index (κ2) is 7.73. The van der Waals surface area contributed by atoms with Gasteiger partial charge in [0.15, 0.2) is 0 Å². The van der Waals surface area contributed by atoms with E-state index in [4.69, 9.17) is 0 Å². The van der Waals surface area contributed by atoms with Crippen LogP contribution in [0, 0.1) is 46.3 Å². The predicted octanol–water partition coefficient (Wildman–Crippen LogP) is 8.37. The predicted molar refractivity (Wildman–Crippen MR) is 118 cm³/mol. The Hall–Kier alpha value is -0.330. The van der Waals surface area contributed by atoms with E-state index in [0.717, 1.165) is 54.8 Å². The van der Waals surface area contributed by atoms with Gasteiger partial charge in [0.25, 0.3) is 0 Å². The van der Waals surface area contributed by atoms with E-state index >= 15 is 0 Å². The highest BCUT2D eigenvalue weighted by atomic mass is 19.1. The summed E-state index contributed by atoms with van der Waals surface area (Å²) in [7, 11) is 0. The average Bonchev–Trinajstić information content (AvgIpc) is 2.99. The molecule has 4 aliphatic carbocycles. The van der Waals surface area contributed by atoms with Crippen LogP contribution < -0.4 is 0 Å². The van der Waals surface area contributed by atoms with Crippen LogP contribution in [0.5, 0.6) is 0 Å². The molecule has 0 amide bonds. The maximum absolute atomic E-state index is 14.1. The number of fused-ring (bicyclic) bond motifs is 5. The van der Waals surface area contributed by atoms with Crippen molar-refractivity contribution in [2.45, 2.75) is 111 Å². The third-order valence-electron chi connectivity index (χ3n) is 10.2. The van der Waals surface area contributed by atoms with Crippen LogP contribution in [0.4, 0.5) is 4.39 Å². The van der Waals surface area contributed by atoms with Gasteiger partial charge in [-0.05, 0) is 91.3 Å². The lowest BCUT2D eigenvalue weighted by atomic mass is 9.47. The number of halogens is 1. The van der Waals surface area contributed by atoms with E-state index in [1.807, 2.05) is 0 Å². The normalized spacial score (nSPS) is 46.5. The molecule has 0 aromatic heterocycles. The second-order valence-corrected chi connectivity index (χ2v) is 12.1. The molecule has 0 unspecified atom stereocenters. The summed E-state index contributed by atoms with van der Waals surface area (Å²) in [6, 6.07) is 0. The maximum atomic E-state index is 14.1. The third-order valence-corrected chi connectivity index (χ3v) is 10.2. The fourth-order valence-electron chi connectivity index (χ4n) is 8.64. The van der Waals surface area contributed by atoms with Crippen molar-refractivity contribution in [3.63, 3.8) is 0 Å². The molecule has 0 saturated heterocycles. The van der Waals surface area contributed by atoms with Crippen LogP contribution in [0.3, 0.4) is 0 Å². The van der Waals surface area contributed by atoms with E-state index in [9.17, 15) is 4.39 Å². The van der Waals surface area contributed by atoms with Crippen LogP contribution in [0.25, 0.3) is 0 Å². The largest absolute Gasteiger partial charge is 0.247 e. The van der Waals surface area contributed by atoms with E-state index < -0.39 is 6.17 Å². The summed E-state index contributed by atoms with van der Waals surface area (Å²) >= 11 is 0. The Kier molecular flexibility index (Phi) is 5.78. The van der Waals surface area contributed by atoms with Crippen molar-refractivity contribution in [2.24, 2.45) is 46.3 Å². The van der Waals surface area contributed by atoms with Crippen molar-refractivity contribution in [2.75, 3.05) is 0 Å². The highest BCUT2D eigenvalue weighted by Gasteiger charge is 2.59. The van der Waals surface area contributed by atoms with E-state index in [2.05, 4.69) is 40.7 Å². The highest BCUT2D eigenvalue weighted by Crippen LogP contribution is 2.67. The third kappa shape index (κ3) is 3.41. The molecule has 160 valence electrons. The minimum atomic E-state index is -0.577. The molecule has 4 rings (SSSR count). The first kappa shape index (κ1) is 20.9. The Labute approximate surface area is 174 Å². The lowest BCUT2D eigenvalue weighted by Crippen LogP contribution is -2.50. The molecule has 0 aliphatic heterocycles. The van der Waals surface area contributed by atoms with Crippen LogP contribution >= 0.6 is 0 Å².